The third-order valence-corrected chi connectivity index (χ3v) is 4.20. The van der Waals surface area contributed by atoms with Crippen LogP contribution in [0.5, 0.6) is 0 Å². The van der Waals surface area contributed by atoms with Crippen LogP contribution >= 0.6 is 11.3 Å². The minimum absolute atomic E-state index is 0.159. The van der Waals surface area contributed by atoms with Crippen LogP contribution in [0.25, 0.3) is 10.6 Å². The van der Waals surface area contributed by atoms with Gasteiger partial charge in [-0.25, -0.2) is 4.98 Å². The van der Waals surface area contributed by atoms with Crippen LogP contribution in [0.15, 0.2) is 23.6 Å². The van der Waals surface area contributed by atoms with Crippen molar-refractivity contribution in [2.45, 2.75) is 33.6 Å². The van der Waals surface area contributed by atoms with E-state index in [0.29, 0.717) is 19.4 Å². The first-order valence-electron chi connectivity index (χ1n) is 6.78. The van der Waals surface area contributed by atoms with Crippen molar-refractivity contribution in [3.05, 3.63) is 40.4 Å². The molecule has 0 aliphatic heterocycles. The molecule has 2 rings (SSSR count). The molecule has 1 aromatic carbocycles. The maximum Gasteiger partial charge on any atom is 0.306 e. The van der Waals surface area contributed by atoms with Gasteiger partial charge >= 0.3 is 5.97 Å². The zero-order valence-electron chi connectivity index (χ0n) is 12.1. The number of nitrogens with zero attached hydrogens (tertiary/aromatic N) is 1. The summed E-state index contributed by atoms with van der Waals surface area (Å²) in [5, 5.41) is 3.04. The highest BCUT2D eigenvalue weighted by Crippen LogP contribution is 2.28. The van der Waals surface area contributed by atoms with Gasteiger partial charge in [0.15, 0.2) is 0 Å². The summed E-state index contributed by atoms with van der Waals surface area (Å²) in [5.74, 6) is -0.159. The molecule has 0 spiro atoms. The number of hydrogen-bond acceptors (Lipinski definition) is 4. The van der Waals surface area contributed by atoms with Crippen LogP contribution in [0.3, 0.4) is 0 Å². The molecule has 0 saturated heterocycles. The SMILES string of the molecule is CCOC(=O)CCc1csc(-c2cccc(C)c2C)n1. The van der Waals surface area contributed by atoms with Crippen molar-refractivity contribution in [3.63, 3.8) is 0 Å². The van der Waals surface area contributed by atoms with E-state index in [2.05, 4.69) is 37.0 Å². The lowest BCUT2D eigenvalue weighted by Crippen LogP contribution is -2.05. The van der Waals surface area contributed by atoms with Gasteiger partial charge in [-0.1, -0.05) is 18.2 Å². The van der Waals surface area contributed by atoms with Gasteiger partial charge in [-0.15, -0.1) is 11.3 Å². The van der Waals surface area contributed by atoms with Crippen molar-refractivity contribution in [1.29, 1.82) is 0 Å². The zero-order chi connectivity index (χ0) is 14.5. The Morgan fingerprint density at radius 1 is 1.35 bits per heavy atom. The summed E-state index contributed by atoms with van der Waals surface area (Å²) in [5.41, 5.74) is 4.67. The summed E-state index contributed by atoms with van der Waals surface area (Å²) in [6.45, 7) is 6.47. The molecule has 4 heteroatoms. The molecule has 0 aliphatic rings. The van der Waals surface area contributed by atoms with Crippen molar-refractivity contribution >= 4 is 17.3 Å². The Balaban J connectivity index is 2.09. The van der Waals surface area contributed by atoms with E-state index >= 15 is 0 Å². The van der Waals surface area contributed by atoms with Crippen molar-refractivity contribution < 1.29 is 9.53 Å². The van der Waals surface area contributed by atoms with E-state index in [-0.39, 0.29) is 5.97 Å². The molecule has 1 heterocycles. The number of ether oxygens (including phenoxy) is 1. The highest BCUT2D eigenvalue weighted by atomic mass is 32.1. The minimum atomic E-state index is -0.159. The fourth-order valence-corrected chi connectivity index (χ4v) is 2.93. The standard InChI is InChI=1S/C16H19NO2S/c1-4-19-15(18)9-8-13-10-20-16(17-13)14-7-5-6-11(2)12(14)3/h5-7,10H,4,8-9H2,1-3H3. The average molecular weight is 289 g/mol. The highest BCUT2D eigenvalue weighted by molar-refractivity contribution is 7.13. The number of esters is 1. The van der Waals surface area contributed by atoms with Crippen LogP contribution in [0.4, 0.5) is 0 Å². The first-order valence-corrected chi connectivity index (χ1v) is 7.66. The number of rotatable bonds is 5. The molecule has 1 aromatic heterocycles. The summed E-state index contributed by atoms with van der Waals surface area (Å²) in [6, 6.07) is 6.25. The van der Waals surface area contributed by atoms with Gasteiger partial charge in [-0.05, 0) is 31.9 Å². The molecule has 0 unspecified atom stereocenters. The van der Waals surface area contributed by atoms with Gasteiger partial charge in [0, 0.05) is 17.4 Å². The van der Waals surface area contributed by atoms with Gasteiger partial charge in [0.1, 0.15) is 5.01 Å². The molecular weight excluding hydrogens is 270 g/mol. The second-order valence-corrected chi connectivity index (χ2v) is 5.55. The maximum atomic E-state index is 11.3. The minimum Gasteiger partial charge on any atom is -0.466 e. The Morgan fingerprint density at radius 2 is 2.15 bits per heavy atom. The monoisotopic (exact) mass is 289 g/mol. The quantitative estimate of drug-likeness (QED) is 0.783. The van der Waals surface area contributed by atoms with Gasteiger partial charge in [0.05, 0.1) is 18.7 Å². The number of thiazole rings is 1. The lowest BCUT2D eigenvalue weighted by molar-refractivity contribution is -0.143. The first kappa shape index (κ1) is 14.7. The fraction of sp³-hybridized carbons (Fsp3) is 0.375. The summed E-state index contributed by atoms with van der Waals surface area (Å²) in [7, 11) is 0. The van der Waals surface area contributed by atoms with E-state index < -0.39 is 0 Å². The molecule has 2 aromatic rings. The van der Waals surface area contributed by atoms with E-state index in [0.717, 1.165) is 10.7 Å². The van der Waals surface area contributed by atoms with Crippen LogP contribution < -0.4 is 0 Å². The second-order valence-electron chi connectivity index (χ2n) is 4.70. The van der Waals surface area contributed by atoms with Crippen molar-refractivity contribution in [1.82, 2.24) is 4.98 Å². The smallest absolute Gasteiger partial charge is 0.306 e. The predicted molar refractivity (Wildman–Crippen MR) is 82.0 cm³/mol. The normalized spacial score (nSPS) is 10.6. The molecule has 0 atom stereocenters. The largest absolute Gasteiger partial charge is 0.466 e. The molecular formula is C16H19NO2S. The Labute approximate surface area is 123 Å². The van der Waals surface area contributed by atoms with E-state index in [4.69, 9.17) is 4.74 Å². The summed E-state index contributed by atoms with van der Waals surface area (Å²) in [6.07, 6.45) is 1.03. The molecule has 0 amide bonds. The van der Waals surface area contributed by atoms with Gasteiger partial charge in [-0.3, -0.25) is 4.79 Å². The number of aromatic nitrogens is 1. The van der Waals surface area contributed by atoms with Crippen LogP contribution in [-0.4, -0.2) is 17.6 Å². The number of carbonyl (C=O) groups excluding carboxylic acids is 1. The molecule has 0 N–H and O–H groups in total. The lowest BCUT2D eigenvalue weighted by atomic mass is 10.0. The Kier molecular flexibility index (Phi) is 4.90. The lowest BCUT2D eigenvalue weighted by Gasteiger charge is -2.05. The first-order chi connectivity index (χ1) is 9.61. The predicted octanol–water partition coefficient (Wildman–Crippen LogP) is 3.92. The molecule has 0 radical (unpaired) electrons. The summed E-state index contributed by atoms with van der Waals surface area (Å²) >= 11 is 1.63. The van der Waals surface area contributed by atoms with E-state index in [9.17, 15) is 4.79 Å². The molecule has 20 heavy (non-hydrogen) atoms. The van der Waals surface area contributed by atoms with E-state index in [1.165, 1.54) is 16.7 Å². The number of benzene rings is 1. The Morgan fingerprint density at radius 3 is 2.90 bits per heavy atom. The van der Waals surface area contributed by atoms with Crippen molar-refractivity contribution in [2.24, 2.45) is 0 Å². The van der Waals surface area contributed by atoms with Crippen LogP contribution in [0.2, 0.25) is 0 Å². The van der Waals surface area contributed by atoms with Gasteiger partial charge in [-0.2, -0.15) is 0 Å². The second kappa shape index (κ2) is 6.66. The maximum absolute atomic E-state index is 11.3. The van der Waals surface area contributed by atoms with Crippen LogP contribution in [0.1, 0.15) is 30.2 Å². The Bertz CT molecular complexity index is 604. The van der Waals surface area contributed by atoms with Crippen LogP contribution in [0, 0.1) is 13.8 Å². The molecule has 3 nitrogen and oxygen atoms in total. The Hall–Kier alpha value is -1.68. The molecule has 0 aliphatic carbocycles. The van der Waals surface area contributed by atoms with E-state index in [1.54, 1.807) is 11.3 Å². The molecule has 0 saturated carbocycles. The van der Waals surface area contributed by atoms with Crippen molar-refractivity contribution in [2.75, 3.05) is 6.61 Å². The third kappa shape index (κ3) is 3.45. The molecule has 0 bridgehead atoms. The van der Waals surface area contributed by atoms with Gasteiger partial charge in [0.2, 0.25) is 0 Å². The summed E-state index contributed by atoms with van der Waals surface area (Å²) < 4.78 is 4.93. The number of aryl methyl sites for hydroxylation is 2. The third-order valence-electron chi connectivity index (χ3n) is 3.28. The molecule has 106 valence electrons. The van der Waals surface area contributed by atoms with E-state index in [1.807, 2.05) is 12.3 Å². The number of carbonyl (C=O) groups is 1. The van der Waals surface area contributed by atoms with Crippen LogP contribution in [-0.2, 0) is 16.0 Å². The summed E-state index contributed by atoms with van der Waals surface area (Å²) in [4.78, 5) is 16.0. The fourth-order valence-electron chi connectivity index (χ4n) is 1.99. The van der Waals surface area contributed by atoms with Crippen molar-refractivity contribution in [3.8, 4) is 10.6 Å². The van der Waals surface area contributed by atoms with Gasteiger partial charge < -0.3 is 4.74 Å². The zero-order valence-corrected chi connectivity index (χ0v) is 12.9. The topological polar surface area (TPSA) is 39.2 Å². The number of hydrogen-bond donors (Lipinski definition) is 0. The highest BCUT2D eigenvalue weighted by Gasteiger charge is 2.10. The average Bonchev–Trinajstić information content (AvgIpc) is 2.89. The van der Waals surface area contributed by atoms with Gasteiger partial charge in [0.25, 0.3) is 0 Å². The molecule has 0 fully saturated rings.